The lowest BCUT2D eigenvalue weighted by atomic mass is 10.3. The average Bonchev–Trinajstić information content (AvgIpc) is 2.50. The Hall–Kier alpha value is -1.47. The van der Waals surface area contributed by atoms with Crippen LogP contribution in [-0.2, 0) is 17.9 Å². The minimum atomic E-state index is -1.11. The van der Waals surface area contributed by atoms with E-state index in [1.54, 1.807) is 0 Å². The van der Waals surface area contributed by atoms with E-state index in [1.807, 2.05) is 0 Å². The molecule has 3 N–H and O–H groups in total. The molecule has 1 rings (SSSR count). The lowest BCUT2D eigenvalue weighted by molar-refractivity contribution is 0.0684. The lowest BCUT2D eigenvalue weighted by Gasteiger charge is -2.03. The molecular weight excluding hydrogens is 188 g/mol. The van der Waals surface area contributed by atoms with E-state index < -0.39 is 5.97 Å². The van der Waals surface area contributed by atoms with Gasteiger partial charge < -0.3 is 15.6 Å². The quantitative estimate of drug-likeness (QED) is 0.637. The van der Waals surface area contributed by atoms with Crippen LogP contribution in [0.4, 0.5) is 0 Å². The van der Waals surface area contributed by atoms with Crippen LogP contribution < -0.4 is 5.73 Å². The molecule has 0 aliphatic rings. The van der Waals surface area contributed by atoms with E-state index in [-0.39, 0.29) is 12.3 Å². The average molecular weight is 200 g/mol. The fourth-order valence-corrected chi connectivity index (χ4v) is 1.08. The molecule has 0 radical (unpaired) electrons. The zero-order valence-electron chi connectivity index (χ0n) is 7.80. The third-order valence-corrected chi connectivity index (χ3v) is 1.66. The van der Waals surface area contributed by atoms with Crippen LogP contribution in [-0.4, -0.2) is 39.7 Å². The summed E-state index contributed by atoms with van der Waals surface area (Å²) in [4.78, 5) is 10.7. The summed E-state index contributed by atoms with van der Waals surface area (Å²) in [5.41, 5.74) is 5.69. The molecule has 78 valence electrons. The molecule has 0 saturated heterocycles. The van der Waals surface area contributed by atoms with Crippen molar-refractivity contribution in [3.63, 3.8) is 0 Å². The molecule has 0 atom stereocenters. The van der Waals surface area contributed by atoms with Crippen LogP contribution in [0.15, 0.2) is 0 Å². The molecule has 0 unspecified atom stereocenters. The van der Waals surface area contributed by atoms with E-state index >= 15 is 0 Å². The van der Waals surface area contributed by atoms with Gasteiger partial charge in [-0.15, -0.1) is 5.10 Å². The van der Waals surface area contributed by atoms with Gasteiger partial charge in [-0.3, -0.25) is 0 Å². The minimum Gasteiger partial charge on any atom is -0.476 e. The summed E-state index contributed by atoms with van der Waals surface area (Å²) >= 11 is 0. The van der Waals surface area contributed by atoms with E-state index in [9.17, 15) is 4.79 Å². The third-order valence-electron chi connectivity index (χ3n) is 1.66. The minimum absolute atomic E-state index is 0.0831. The fourth-order valence-electron chi connectivity index (χ4n) is 1.08. The van der Waals surface area contributed by atoms with Crippen LogP contribution >= 0.6 is 0 Å². The number of carbonyl (C=O) groups is 1. The lowest BCUT2D eigenvalue weighted by Crippen LogP contribution is -2.15. The van der Waals surface area contributed by atoms with Crippen molar-refractivity contribution in [2.75, 3.05) is 13.7 Å². The molecule has 0 bridgehead atoms. The molecule has 0 aliphatic heterocycles. The molecule has 7 heteroatoms. The first kappa shape index (κ1) is 10.6. The second-order valence-electron chi connectivity index (χ2n) is 2.63. The number of carboxylic acids is 1. The van der Waals surface area contributed by atoms with Crippen molar-refractivity contribution >= 4 is 5.97 Å². The maximum Gasteiger partial charge on any atom is 0.358 e. The molecule has 0 fully saturated rings. The highest BCUT2D eigenvalue weighted by Crippen LogP contribution is 2.06. The number of hydrogen-bond acceptors (Lipinski definition) is 5. The highest BCUT2D eigenvalue weighted by Gasteiger charge is 2.17. The maximum absolute atomic E-state index is 10.7. The number of methoxy groups -OCH3 is 1. The standard InChI is InChI=1S/C7H12N4O3/c1-14-4-5-6(7(12)13)9-10-11(5)3-2-8/h2-4,8H2,1H3,(H,12,13). The highest BCUT2D eigenvalue weighted by atomic mass is 16.5. The van der Waals surface area contributed by atoms with Gasteiger partial charge in [-0.1, -0.05) is 5.21 Å². The van der Waals surface area contributed by atoms with Crippen molar-refractivity contribution in [1.82, 2.24) is 15.0 Å². The van der Waals surface area contributed by atoms with Crippen molar-refractivity contribution in [2.45, 2.75) is 13.2 Å². The molecule has 1 heterocycles. The summed E-state index contributed by atoms with van der Waals surface area (Å²) in [7, 11) is 1.48. The molecule has 1 aromatic heterocycles. The Balaban J connectivity index is 3.00. The summed E-state index contributed by atoms with van der Waals surface area (Å²) in [6, 6.07) is 0. The van der Waals surface area contributed by atoms with Crippen molar-refractivity contribution in [1.29, 1.82) is 0 Å². The van der Waals surface area contributed by atoms with Crippen molar-refractivity contribution < 1.29 is 14.6 Å². The predicted octanol–water partition coefficient (Wildman–Crippen LogP) is -0.919. The topological polar surface area (TPSA) is 103 Å². The second-order valence-corrected chi connectivity index (χ2v) is 2.63. The first-order valence-electron chi connectivity index (χ1n) is 4.05. The number of hydrogen-bond donors (Lipinski definition) is 2. The zero-order chi connectivity index (χ0) is 10.6. The van der Waals surface area contributed by atoms with Crippen molar-refractivity contribution in [2.24, 2.45) is 5.73 Å². The number of carboxylic acid groups (broad SMARTS) is 1. The zero-order valence-corrected chi connectivity index (χ0v) is 7.80. The predicted molar refractivity (Wildman–Crippen MR) is 46.7 cm³/mol. The summed E-state index contributed by atoms with van der Waals surface area (Å²) < 4.78 is 6.30. The van der Waals surface area contributed by atoms with E-state index in [0.717, 1.165) is 0 Å². The van der Waals surface area contributed by atoms with Gasteiger partial charge in [-0.2, -0.15) is 0 Å². The Bertz CT molecular complexity index is 323. The smallest absolute Gasteiger partial charge is 0.358 e. The number of nitrogens with two attached hydrogens (primary N) is 1. The van der Waals surface area contributed by atoms with Gasteiger partial charge in [-0.25, -0.2) is 9.48 Å². The van der Waals surface area contributed by atoms with Gasteiger partial charge in [-0.05, 0) is 0 Å². The largest absolute Gasteiger partial charge is 0.476 e. The number of ether oxygens (including phenoxy) is 1. The van der Waals surface area contributed by atoms with E-state index in [1.165, 1.54) is 11.8 Å². The third kappa shape index (κ3) is 2.06. The maximum atomic E-state index is 10.7. The van der Waals surface area contributed by atoms with Crippen LogP contribution in [0.5, 0.6) is 0 Å². The van der Waals surface area contributed by atoms with Crippen molar-refractivity contribution in [3.8, 4) is 0 Å². The van der Waals surface area contributed by atoms with Gasteiger partial charge >= 0.3 is 5.97 Å². The van der Waals surface area contributed by atoms with Crippen LogP contribution in [0.3, 0.4) is 0 Å². The molecule has 0 aliphatic carbocycles. The Morgan fingerprint density at radius 1 is 1.71 bits per heavy atom. The van der Waals surface area contributed by atoms with E-state index in [0.29, 0.717) is 18.8 Å². The molecule has 7 nitrogen and oxygen atoms in total. The molecule has 1 aromatic rings. The summed E-state index contributed by atoms with van der Waals surface area (Å²) in [5, 5.41) is 16.0. The van der Waals surface area contributed by atoms with E-state index in [2.05, 4.69) is 10.3 Å². The molecule has 0 aromatic carbocycles. The Morgan fingerprint density at radius 3 is 2.93 bits per heavy atom. The van der Waals surface area contributed by atoms with Crippen LogP contribution in [0.2, 0.25) is 0 Å². The monoisotopic (exact) mass is 200 g/mol. The Kier molecular flexibility index (Phi) is 3.55. The first-order valence-corrected chi connectivity index (χ1v) is 4.05. The number of rotatable bonds is 5. The first-order chi connectivity index (χ1) is 6.70. The van der Waals surface area contributed by atoms with Crippen molar-refractivity contribution in [3.05, 3.63) is 11.4 Å². The molecule has 0 spiro atoms. The van der Waals surface area contributed by atoms with Gasteiger partial charge in [0.15, 0.2) is 5.69 Å². The fraction of sp³-hybridized carbons (Fsp3) is 0.571. The van der Waals surface area contributed by atoms with Crippen LogP contribution in [0.1, 0.15) is 16.2 Å². The van der Waals surface area contributed by atoms with E-state index in [4.69, 9.17) is 15.6 Å². The Labute approximate surface area is 80.5 Å². The molecule has 14 heavy (non-hydrogen) atoms. The molecular formula is C7H12N4O3. The number of aromatic nitrogens is 3. The number of aromatic carboxylic acids is 1. The normalized spacial score (nSPS) is 10.4. The van der Waals surface area contributed by atoms with Crippen LogP contribution in [0.25, 0.3) is 0 Å². The van der Waals surface area contributed by atoms with Gasteiger partial charge in [0.25, 0.3) is 0 Å². The van der Waals surface area contributed by atoms with Gasteiger partial charge in [0.1, 0.15) is 0 Å². The number of nitrogens with zero attached hydrogens (tertiary/aromatic N) is 3. The summed E-state index contributed by atoms with van der Waals surface area (Å²) in [6.45, 7) is 0.965. The summed E-state index contributed by atoms with van der Waals surface area (Å²) in [6.07, 6.45) is 0. The molecule has 0 saturated carbocycles. The highest BCUT2D eigenvalue weighted by molar-refractivity contribution is 5.86. The molecule has 0 amide bonds. The van der Waals surface area contributed by atoms with Gasteiger partial charge in [0, 0.05) is 13.7 Å². The van der Waals surface area contributed by atoms with Gasteiger partial charge in [0.05, 0.1) is 18.8 Å². The second kappa shape index (κ2) is 4.68. The van der Waals surface area contributed by atoms with Crippen LogP contribution in [0, 0.1) is 0 Å². The SMILES string of the molecule is COCc1c(C(=O)O)nnn1CCN. The summed E-state index contributed by atoms with van der Waals surface area (Å²) in [5.74, 6) is -1.11. The van der Waals surface area contributed by atoms with Gasteiger partial charge in [0.2, 0.25) is 0 Å². The Morgan fingerprint density at radius 2 is 2.43 bits per heavy atom.